The van der Waals surface area contributed by atoms with Gasteiger partial charge in [0.2, 0.25) is 0 Å². The van der Waals surface area contributed by atoms with Crippen LogP contribution in [0.3, 0.4) is 0 Å². The lowest BCUT2D eigenvalue weighted by Crippen LogP contribution is -1.80. The largest absolute Gasteiger partial charge is 0.0683 e. The molecule has 0 aliphatic rings. The maximum atomic E-state index is 2.22. The molecule has 0 spiro atoms. The standard InChI is InChI=1S/C14H14.C13H12.2C12H12.C2H6/c1-11-3-7-13(8-4-11)14-9-5-12(2)6-10-14;1-11-6-5-9-13(10-11)12-7-3-2-4-8-12;1-9-7-10(2)12-6-4-3-5-11(12)8-9;1-9-7-8-10(2)12-6-4-3-5-11(9)12;1-2/h3-10H,1-2H3;2-10H,1H3;2*3-8H,1-2H3;1-2H3. The van der Waals surface area contributed by atoms with E-state index in [1.165, 1.54) is 82.7 Å². The van der Waals surface area contributed by atoms with E-state index in [1.54, 1.807) is 0 Å². The van der Waals surface area contributed by atoms with Gasteiger partial charge in [-0.05, 0) is 109 Å². The predicted octanol–water partition coefficient (Wildman–Crippen LogP) is 15.6. The summed E-state index contributed by atoms with van der Waals surface area (Å²) >= 11 is 0. The van der Waals surface area contributed by atoms with E-state index in [2.05, 4.69) is 218 Å². The smallest absolute Gasteiger partial charge is 0.0152 e. The summed E-state index contributed by atoms with van der Waals surface area (Å²) in [5.41, 5.74) is 14.5. The quantitative estimate of drug-likeness (QED) is 0.169. The topological polar surface area (TPSA) is 0 Å². The SMILES string of the molecule is CC.Cc1cc(C)c2ccccc2c1.Cc1ccc(-c2ccc(C)cc2)cc1.Cc1ccc(C)c2ccccc12.Cc1cccc(-c2ccccc2)c1. The Morgan fingerprint density at radius 2 is 0.679 bits per heavy atom. The van der Waals surface area contributed by atoms with Crippen LogP contribution < -0.4 is 0 Å². The number of benzene rings is 8. The summed E-state index contributed by atoms with van der Waals surface area (Å²) < 4.78 is 0. The van der Waals surface area contributed by atoms with Crippen molar-refractivity contribution >= 4 is 21.5 Å². The highest BCUT2D eigenvalue weighted by Gasteiger charge is 1.99. The Morgan fingerprint density at radius 3 is 1.19 bits per heavy atom. The van der Waals surface area contributed by atoms with Crippen LogP contribution in [0.4, 0.5) is 0 Å². The average molecular weight is 693 g/mol. The Kier molecular flexibility index (Phi) is 15.4. The van der Waals surface area contributed by atoms with Gasteiger partial charge in [-0.3, -0.25) is 0 Å². The number of hydrogen-bond donors (Lipinski definition) is 0. The lowest BCUT2D eigenvalue weighted by molar-refractivity contribution is 1.43. The molecule has 0 saturated carbocycles. The predicted molar refractivity (Wildman–Crippen MR) is 236 cm³/mol. The first-order valence-corrected chi connectivity index (χ1v) is 18.8. The molecule has 0 fully saturated rings. The minimum absolute atomic E-state index is 1.28. The zero-order valence-corrected chi connectivity index (χ0v) is 33.2. The maximum Gasteiger partial charge on any atom is -0.0152 e. The van der Waals surface area contributed by atoms with Crippen molar-refractivity contribution in [1.29, 1.82) is 0 Å². The van der Waals surface area contributed by atoms with E-state index in [9.17, 15) is 0 Å². The van der Waals surface area contributed by atoms with E-state index in [-0.39, 0.29) is 0 Å². The van der Waals surface area contributed by atoms with Gasteiger partial charge in [-0.2, -0.15) is 0 Å². The first-order valence-electron chi connectivity index (χ1n) is 18.8. The van der Waals surface area contributed by atoms with Gasteiger partial charge in [0.05, 0.1) is 0 Å². The molecule has 0 aliphatic carbocycles. The molecule has 0 atom stereocenters. The molecule has 0 heterocycles. The fraction of sp³-hybridized carbons (Fsp3) is 0.170. The summed E-state index contributed by atoms with van der Waals surface area (Å²) in [6.07, 6.45) is 0. The maximum absolute atomic E-state index is 2.22. The summed E-state index contributed by atoms with van der Waals surface area (Å²) in [5, 5.41) is 5.45. The summed E-state index contributed by atoms with van der Waals surface area (Å²) in [5.74, 6) is 0. The molecule has 0 aromatic heterocycles. The van der Waals surface area contributed by atoms with Crippen molar-refractivity contribution in [3.8, 4) is 22.3 Å². The van der Waals surface area contributed by atoms with Crippen molar-refractivity contribution in [1.82, 2.24) is 0 Å². The van der Waals surface area contributed by atoms with Crippen molar-refractivity contribution in [2.75, 3.05) is 0 Å². The van der Waals surface area contributed by atoms with E-state index in [0.717, 1.165) is 0 Å². The van der Waals surface area contributed by atoms with E-state index in [0.29, 0.717) is 0 Å². The van der Waals surface area contributed by atoms with Crippen molar-refractivity contribution in [3.63, 3.8) is 0 Å². The molecule has 0 heteroatoms. The van der Waals surface area contributed by atoms with E-state index in [1.807, 2.05) is 19.9 Å². The van der Waals surface area contributed by atoms with Gasteiger partial charge in [0.15, 0.2) is 0 Å². The zero-order valence-electron chi connectivity index (χ0n) is 33.2. The second-order valence-electron chi connectivity index (χ2n) is 13.5. The zero-order chi connectivity index (χ0) is 38.2. The monoisotopic (exact) mass is 692 g/mol. The summed E-state index contributed by atoms with van der Waals surface area (Å²) in [4.78, 5) is 0. The molecule has 0 N–H and O–H groups in total. The number of hydrogen-bond acceptors (Lipinski definition) is 0. The summed E-state index contributed by atoms with van der Waals surface area (Å²) in [6, 6.07) is 62.1. The van der Waals surface area contributed by atoms with Crippen LogP contribution in [-0.4, -0.2) is 0 Å². The first-order chi connectivity index (χ1) is 25.7. The highest BCUT2D eigenvalue weighted by atomic mass is 14.0. The molecular weight excluding hydrogens is 637 g/mol. The van der Waals surface area contributed by atoms with Gasteiger partial charge >= 0.3 is 0 Å². The molecule has 8 rings (SSSR count). The van der Waals surface area contributed by atoms with E-state index >= 15 is 0 Å². The fourth-order valence-electron chi connectivity index (χ4n) is 6.24. The van der Waals surface area contributed by atoms with Gasteiger partial charge < -0.3 is 0 Å². The van der Waals surface area contributed by atoms with Crippen LogP contribution in [0.5, 0.6) is 0 Å². The van der Waals surface area contributed by atoms with Gasteiger partial charge in [0.25, 0.3) is 0 Å². The van der Waals surface area contributed by atoms with Crippen LogP contribution in [0, 0.1) is 48.5 Å². The molecule has 0 saturated heterocycles. The third-order valence-electron chi connectivity index (χ3n) is 9.13. The van der Waals surface area contributed by atoms with Gasteiger partial charge in [-0.25, -0.2) is 0 Å². The average Bonchev–Trinajstić information content (AvgIpc) is 3.19. The van der Waals surface area contributed by atoms with Crippen LogP contribution in [0.25, 0.3) is 43.8 Å². The van der Waals surface area contributed by atoms with Crippen LogP contribution >= 0.6 is 0 Å². The van der Waals surface area contributed by atoms with Crippen LogP contribution in [0.1, 0.15) is 52.8 Å². The Hall–Kier alpha value is -5.72. The second-order valence-corrected chi connectivity index (χ2v) is 13.5. The highest BCUT2D eigenvalue weighted by molar-refractivity contribution is 5.88. The normalized spacial score (nSPS) is 9.98. The van der Waals surface area contributed by atoms with Gasteiger partial charge in [-0.15, -0.1) is 0 Å². The van der Waals surface area contributed by atoms with Crippen LogP contribution in [0.2, 0.25) is 0 Å². The third-order valence-corrected chi connectivity index (χ3v) is 9.13. The van der Waals surface area contributed by atoms with E-state index in [4.69, 9.17) is 0 Å². The molecule has 0 amide bonds. The molecule has 8 aromatic carbocycles. The number of aryl methyl sites for hydroxylation is 7. The molecular formula is C53H56. The Balaban J connectivity index is 0.000000155. The molecule has 8 aromatic rings. The minimum Gasteiger partial charge on any atom is -0.0683 e. The molecule has 0 aliphatic heterocycles. The Bertz CT molecular complexity index is 2210. The van der Waals surface area contributed by atoms with Crippen LogP contribution in [-0.2, 0) is 0 Å². The van der Waals surface area contributed by atoms with E-state index < -0.39 is 0 Å². The molecule has 0 nitrogen and oxygen atoms in total. The summed E-state index contributed by atoms with van der Waals surface area (Å²) in [7, 11) is 0. The first kappa shape index (κ1) is 40.1. The summed E-state index contributed by atoms with van der Waals surface area (Å²) in [6.45, 7) is 18.9. The van der Waals surface area contributed by atoms with Gasteiger partial charge in [-0.1, -0.05) is 212 Å². The number of fused-ring (bicyclic) bond motifs is 2. The molecule has 268 valence electrons. The van der Waals surface area contributed by atoms with Crippen molar-refractivity contribution in [2.45, 2.75) is 62.3 Å². The Morgan fingerprint density at radius 1 is 0.245 bits per heavy atom. The van der Waals surface area contributed by atoms with Crippen molar-refractivity contribution < 1.29 is 0 Å². The minimum atomic E-state index is 1.28. The Labute approximate surface area is 319 Å². The number of rotatable bonds is 2. The molecule has 53 heavy (non-hydrogen) atoms. The highest BCUT2D eigenvalue weighted by Crippen LogP contribution is 2.23. The van der Waals surface area contributed by atoms with Crippen LogP contribution in [0.15, 0.2) is 176 Å². The van der Waals surface area contributed by atoms with Crippen molar-refractivity contribution in [3.05, 3.63) is 215 Å². The lowest BCUT2D eigenvalue weighted by atomic mass is 10.0. The molecule has 0 radical (unpaired) electrons. The fourth-order valence-corrected chi connectivity index (χ4v) is 6.24. The van der Waals surface area contributed by atoms with Gasteiger partial charge in [0, 0.05) is 0 Å². The van der Waals surface area contributed by atoms with Crippen molar-refractivity contribution in [2.24, 2.45) is 0 Å². The second kappa shape index (κ2) is 20.4. The third kappa shape index (κ3) is 11.9. The van der Waals surface area contributed by atoms with Gasteiger partial charge in [0.1, 0.15) is 0 Å². The lowest BCUT2D eigenvalue weighted by Gasteiger charge is -2.03. The molecule has 0 unspecified atom stereocenters. The molecule has 0 bridgehead atoms.